The Morgan fingerprint density at radius 3 is 2.67 bits per heavy atom. The Morgan fingerprint density at radius 1 is 1.09 bits per heavy atom. The summed E-state index contributed by atoms with van der Waals surface area (Å²) in [5, 5.41) is 13.7. The van der Waals surface area contributed by atoms with E-state index >= 15 is 0 Å². The first kappa shape index (κ1) is 22.1. The van der Waals surface area contributed by atoms with Gasteiger partial charge in [-0.3, -0.25) is 9.88 Å². The van der Waals surface area contributed by atoms with Crippen LogP contribution in [-0.2, 0) is 16.1 Å². The largest absolute Gasteiger partial charge is 0.505 e. The van der Waals surface area contributed by atoms with Crippen LogP contribution in [0.5, 0.6) is 5.75 Å². The molecule has 2 heterocycles. The van der Waals surface area contributed by atoms with Crippen LogP contribution in [0.1, 0.15) is 40.5 Å². The number of nitrogens with one attached hydrogen (secondary N) is 1. The summed E-state index contributed by atoms with van der Waals surface area (Å²) in [7, 11) is 1.26. The van der Waals surface area contributed by atoms with Crippen LogP contribution < -0.4 is 5.32 Å². The van der Waals surface area contributed by atoms with E-state index in [-0.39, 0.29) is 24.0 Å². The number of para-hydroxylation sites is 1. The lowest BCUT2D eigenvalue weighted by Crippen LogP contribution is -2.31. The van der Waals surface area contributed by atoms with E-state index in [4.69, 9.17) is 9.47 Å². The lowest BCUT2D eigenvalue weighted by atomic mass is 10.1. The van der Waals surface area contributed by atoms with Gasteiger partial charge in [0.15, 0.2) is 5.75 Å². The topological polar surface area (TPSA) is 101 Å². The quantitative estimate of drug-likeness (QED) is 0.414. The minimum absolute atomic E-state index is 0.0555. The molecule has 1 fully saturated rings. The van der Waals surface area contributed by atoms with Crippen molar-refractivity contribution in [3.05, 3.63) is 83.7 Å². The maximum Gasteiger partial charge on any atom is 0.410 e. The average molecular weight is 447 g/mol. The molecule has 1 aliphatic rings. The lowest BCUT2D eigenvalue weighted by Gasteiger charge is -2.25. The van der Waals surface area contributed by atoms with E-state index in [9.17, 15) is 14.7 Å². The number of carbonyl (C=O) groups excluding carboxylic acids is 2. The number of likely N-dealkylation sites (tertiary alicyclic amines) is 1. The van der Waals surface area contributed by atoms with Crippen molar-refractivity contribution in [1.82, 2.24) is 9.88 Å². The molecule has 1 saturated heterocycles. The zero-order chi connectivity index (χ0) is 23.2. The van der Waals surface area contributed by atoms with Gasteiger partial charge in [-0.05, 0) is 42.7 Å². The molecule has 0 saturated carbocycles. The van der Waals surface area contributed by atoms with Crippen molar-refractivity contribution in [2.75, 3.05) is 19.0 Å². The number of hydrogen-bond acceptors (Lipinski definition) is 7. The van der Waals surface area contributed by atoms with Crippen LogP contribution in [-0.4, -0.2) is 40.7 Å². The van der Waals surface area contributed by atoms with Gasteiger partial charge in [0.05, 0.1) is 30.2 Å². The second kappa shape index (κ2) is 10.0. The number of rotatable bonds is 6. The molecule has 33 heavy (non-hydrogen) atoms. The fraction of sp³-hybridized carbons (Fsp3) is 0.240. The second-order valence-corrected chi connectivity index (χ2v) is 7.65. The van der Waals surface area contributed by atoms with Gasteiger partial charge in [0.1, 0.15) is 12.2 Å². The van der Waals surface area contributed by atoms with Crippen molar-refractivity contribution < 1.29 is 24.2 Å². The van der Waals surface area contributed by atoms with Crippen molar-refractivity contribution >= 4 is 23.4 Å². The van der Waals surface area contributed by atoms with Crippen LogP contribution in [0.4, 0.5) is 16.2 Å². The molecule has 1 atom stereocenters. The number of phenols is 1. The zero-order valence-electron chi connectivity index (χ0n) is 18.2. The van der Waals surface area contributed by atoms with Gasteiger partial charge in [0, 0.05) is 12.7 Å². The maximum absolute atomic E-state index is 12.8. The Balaban J connectivity index is 1.54. The predicted molar refractivity (Wildman–Crippen MR) is 122 cm³/mol. The van der Waals surface area contributed by atoms with Crippen LogP contribution in [0, 0.1) is 0 Å². The number of anilines is 2. The Morgan fingerprint density at radius 2 is 1.88 bits per heavy atom. The standard InChI is InChI=1S/C25H25N3O5/c1-32-24(30)18-10-5-11-20(23(18)29)27-19-12-6-14-26-22(19)21-13-7-15-28(21)25(31)33-16-17-8-3-2-4-9-17/h2-6,8-12,14,21,27,29H,7,13,15-16H2,1H3. The van der Waals surface area contributed by atoms with Crippen molar-refractivity contribution in [2.45, 2.75) is 25.5 Å². The van der Waals surface area contributed by atoms with E-state index in [2.05, 4.69) is 10.3 Å². The summed E-state index contributed by atoms with van der Waals surface area (Å²) >= 11 is 0. The first-order chi connectivity index (χ1) is 16.1. The molecule has 8 nitrogen and oxygen atoms in total. The molecule has 0 bridgehead atoms. The van der Waals surface area contributed by atoms with E-state index in [1.807, 2.05) is 36.4 Å². The van der Waals surface area contributed by atoms with Crippen molar-refractivity contribution in [2.24, 2.45) is 0 Å². The lowest BCUT2D eigenvalue weighted by molar-refractivity contribution is 0.0597. The molecule has 0 radical (unpaired) electrons. The molecule has 4 rings (SSSR count). The Hall–Kier alpha value is -4.07. The number of nitrogens with zero attached hydrogens (tertiary/aromatic N) is 2. The number of amides is 1. The number of ether oxygens (including phenoxy) is 2. The molecule has 1 unspecified atom stereocenters. The number of aromatic nitrogens is 1. The SMILES string of the molecule is COC(=O)c1cccc(Nc2cccnc2C2CCCN2C(=O)OCc2ccccc2)c1O. The third kappa shape index (κ3) is 4.90. The molecule has 1 aliphatic heterocycles. The molecule has 2 N–H and O–H groups in total. The molecule has 3 aromatic rings. The van der Waals surface area contributed by atoms with E-state index in [1.54, 1.807) is 29.3 Å². The normalized spacial score (nSPS) is 15.2. The molecular formula is C25H25N3O5. The van der Waals surface area contributed by atoms with Gasteiger partial charge < -0.3 is 19.9 Å². The summed E-state index contributed by atoms with van der Waals surface area (Å²) in [5.74, 6) is -0.851. The first-order valence-electron chi connectivity index (χ1n) is 10.7. The van der Waals surface area contributed by atoms with Gasteiger partial charge in [0.25, 0.3) is 0 Å². The van der Waals surface area contributed by atoms with Crippen LogP contribution in [0.3, 0.4) is 0 Å². The van der Waals surface area contributed by atoms with Gasteiger partial charge in [-0.2, -0.15) is 0 Å². The van der Waals surface area contributed by atoms with Crippen molar-refractivity contribution in [1.29, 1.82) is 0 Å². The molecule has 8 heteroatoms. The highest BCUT2D eigenvalue weighted by atomic mass is 16.6. The van der Waals surface area contributed by atoms with Crippen LogP contribution in [0.25, 0.3) is 0 Å². The number of carbonyl (C=O) groups is 2. The number of methoxy groups -OCH3 is 1. The van der Waals surface area contributed by atoms with E-state index in [1.165, 1.54) is 13.2 Å². The number of phenolic OH excluding ortho intramolecular Hbond substituents is 1. The molecule has 1 amide bonds. The summed E-state index contributed by atoms with van der Waals surface area (Å²) in [6.45, 7) is 0.766. The van der Waals surface area contributed by atoms with Crippen LogP contribution in [0.15, 0.2) is 66.9 Å². The fourth-order valence-corrected chi connectivity index (χ4v) is 3.92. The van der Waals surface area contributed by atoms with Gasteiger partial charge in [-0.25, -0.2) is 9.59 Å². The minimum atomic E-state index is -0.634. The number of esters is 1. The van der Waals surface area contributed by atoms with E-state index in [0.29, 0.717) is 23.6 Å². The molecule has 0 aliphatic carbocycles. The fourth-order valence-electron chi connectivity index (χ4n) is 3.92. The predicted octanol–water partition coefficient (Wildman–Crippen LogP) is 4.79. The highest BCUT2D eigenvalue weighted by molar-refractivity contribution is 5.95. The highest BCUT2D eigenvalue weighted by Gasteiger charge is 2.33. The minimum Gasteiger partial charge on any atom is -0.505 e. The van der Waals surface area contributed by atoms with Crippen LogP contribution in [0.2, 0.25) is 0 Å². The number of pyridine rings is 1. The third-order valence-corrected chi connectivity index (χ3v) is 5.56. The molecule has 2 aromatic carbocycles. The average Bonchev–Trinajstić information content (AvgIpc) is 3.34. The summed E-state index contributed by atoms with van der Waals surface area (Å²) in [4.78, 5) is 31.0. The summed E-state index contributed by atoms with van der Waals surface area (Å²) in [6, 6.07) is 17.6. The molecule has 0 spiro atoms. The maximum atomic E-state index is 12.8. The molecule has 1 aromatic heterocycles. The number of benzene rings is 2. The van der Waals surface area contributed by atoms with E-state index < -0.39 is 12.1 Å². The van der Waals surface area contributed by atoms with Gasteiger partial charge in [-0.1, -0.05) is 36.4 Å². The van der Waals surface area contributed by atoms with Crippen molar-refractivity contribution in [3.8, 4) is 5.75 Å². The van der Waals surface area contributed by atoms with Gasteiger partial charge in [-0.15, -0.1) is 0 Å². The van der Waals surface area contributed by atoms with Gasteiger partial charge >= 0.3 is 12.1 Å². The molecular weight excluding hydrogens is 422 g/mol. The summed E-state index contributed by atoms with van der Waals surface area (Å²) < 4.78 is 10.3. The highest BCUT2D eigenvalue weighted by Crippen LogP contribution is 2.38. The van der Waals surface area contributed by atoms with Gasteiger partial charge in [0.2, 0.25) is 0 Å². The smallest absolute Gasteiger partial charge is 0.410 e. The monoisotopic (exact) mass is 447 g/mol. The Bertz CT molecular complexity index is 1140. The first-order valence-corrected chi connectivity index (χ1v) is 10.7. The Kier molecular flexibility index (Phi) is 6.73. The Labute approximate surface area is 191 Å². The zero-order valence-corrected chi connectivity index (χ0v) is 18.2. The molecule has 170 valence electrons. The van der Waals surface area contributed by atoms with Crippen molar-refractivity contribution in [3.63, 3.8) is 0 Å². The summed E-state index contributed by atoms with van der Waals surface area (Å²) in [6.07, 6.45) is 2.83. The van der Waals surface area contributed by atoms with E-state index in [0.717, 1.165) is 18.4 Å². The number of aromatic hydroxyl groups is 1. The van der Waals surface area contributed by atoms with Crippen LogP contribution >= 0.6 is 0 Å². The summed E-state index contributed by atoms with van der Waals surface area (Å²) in [5.41, 5.74) is 2.60. The third-order valence-electron chi connectivity index (χ3n) is 5.56. The number of hydrogen-bond donors (Lipinski definition) is 2. The second-order valence-electron chi connectivity index (χ2n) is 7.65.